The number of methoxy groups -OCH3 is 1. The third-order valence-electron chi connectivity index (χ3n) is 8.26. The van der Waals surface area contributed by atoms with Gasteiger partial charge in [-0.3, -0.25) is 24.0 Å². The molecule has 15 heteroatoms. The van der Waals surface area contributed by atoms with Crippen LogP contribution >= 0.6 is 34.8 Å². The van der Waals surface area contributed by atoms with E-state index in [4.69, 9.17) is 39.5 Å². The minimum absolute atomic E-state index is 0.0590. The Hall–Kier alpha value is -4.36. The van der Waals surface area contributed by atoms with Crippen LogP contribution in [0, 0.1) is 17.0 Å². The number of hydrogen-bond donors (Lipinski definition) is 1. The molecule has 0 aliphatic rings. The number of sulfonamides is 1. The highest BCUT2D eigenvalue weighted by molar-refractivity contribution is 7.92. The maximum atomic E-state index is 14.8. The number of benzene rings is 4. The molecule has 2 atom stereocenters. The van der Waals surface area contributed by atoms with E-state index in [0.29, 0.717) is 12.0 Å². The number of carbonyl (C=O) groups excluding carboxylic acids is 2. The molecule has 51 heavy (non-hydrogen) atoms. The Morgan fingerprint density at radius 1 is 0.941 bits per heavy atom. The number of anilines is 1. The Bertz CT molecular complexity index is 2020. The van der Waals surface area contributed by atoms with E-state index < -0.39 is 49.9 Å². The summed E-state index contributed by atoms with van der Waals surface area (Å²) < 4.78 is 35.3. The molecule has 0 radical (unpaired) electrons. The number of nitro benzene ring substituents is 1. The molecule has 4 aromatic rings. The molecule has 0 saturated heterocycles. The van der Waals surface area contributed by atoms with Crippen LogP contribution in [-0.2, 0) is 32.6 Å². The molecule has 0 fully saturated rings. The van der Waals surface area contributed by atoms with Gasteiger partial charge in [-0.15, -0.1) is 0 Å². The minimum atomic E-state index is -4.71. The highest BCUT2D eigenvalue weighted by Gasteiger charge is 2.36. The van der Waals surface area contributed by atoms with E-state index >= 15 is 0 Å². The van der Waals surface area contributed by atoms with Gasteiger partial charge in [0, 0.05) is 35.7 Å². The van der Waals surface area contributed by atoms with Crippen molar-refractivity contribution in [2.45, 2.75) is 57.1 Å². The Kier molecular flexibility index (Phi) is 13.3. The van der Waals surface area contributed by atoms with Gasteiger partial charge in [0.05, 0.1) is 32.7 Å². The van der Waals surface area contributed by atoms with Gasteiger partial charge in [0.25, 0.3) is 15.7 Å². The van der Waals surface area contributed by atoms with Crippen molar-refractivity contribution in [3.63, 3.8) is 0 Å². The summed E-state index contributed by atoms with van der Waals surface area (Å²) in [6, 6.07) is 20.2. The largest absolute Gasteiger partial charge is 0.495 e. The third-order valence-corrected chi connectivity index (χ3v) is 11.0. The number of rotatable bonds is 15. The molecule has 0 aromatic heterocycles. The maximum Gasteiger partial charge on any atom is 0.273 e. The first-order chi connectivity index (χ1) is 24.2. The molecule has 1 N–H and O–H groups in total. The van der Waals surface area contributed by atoms with E-state index in [2.05, 4.69) is 5.32 Å². The fraction of sp³-hybridized carbons (Fsp3) is 0.278. The zero-order chi connectivity index (χ0) is 37.5. The molecule has 0 aliphatic heterocycles. The van der Waals surface area contributed by atoms with Crippen molar-refractivity contribution in [3.8, 4) is 5.75 Å². The normalized spacial score (nSPS) is 12.5. The molecule has 0 spiro atoms. The SMILES string of the molecule is CC[C@@H](C)NC(=O)[C@@H](Cc1ccccc1)N(Cc1ccc(Cl)c(Cl)c1)C(=O)CN(c1cc(Cl)ccc1OC)S(=O)(=O)c1ccc(C)c([N+](=O)[O-])c1. The summed E-state index contributed by atoms with van der Waals surface area (Å²) in [7, 11) is -3.39. The molecule has 11 nitrogen and oxygen atoms in total. The molecule has 2 amide bonds. The molecule has 0 unspecified atom stereocenters. The zero-order valence-electron chi connectivity index (χ0n) is 28.3. The van der Waals surface area contributed by atoms with Crippen LogP contribution in [0.2, 0.25) is 15.1 Å². The van der Waals surface area contributed by atoms with Crippen LogP contribution in [-0.4, -0.2) is 55.8 Å². The van der Waals surface area contributed by atoms with Gasteiger partial charge in [-0.1, -0.05) is 84.2 Å². The van der Waals surface area contributed by atoms with Crippen LogP contribution in [0.3, 0.4) is 0 Å². The van der Waals surface area contributed by atoms with Crippen molar-refractivity contribution in [2.75, 3.05) is 18.0 Å². The van der Waals surface area contributed by atoms with E-state index in [1.807, 2.05) is 44.2 Å². The highest BCUT2D eigenvalue weighted by atomic mass is 35.5. The summed E-state index contributed by atoms with van der Waals surface area (Å²) in [5, 5.41) is 15.4. The topological polar surface area (TPSA) is 139 Å². The lowest BCUT2D eigenvalue weighted by Crippen LogP contribution is -2.54. The number of nitrogens with zero attached hydrogens (tertiary/aromatic N) is 3. The number of nitrogens with one attached hydrogen (secondary N) is 1. The molecular weight excluding hydrogens is 739 g/mol. The predicted molar refractivity (Wildman–Crippen MR) is 199 cm³/mol. The van der Waals surface area contributed by atoms with E-state index in [0.717, 1.165) is 15.9 Å². The highest BCUT2D eigenvalue weighted by Crippen LogP contribution is 2.36. The maximum absolute atomic E-state index is 14.8. The lowest BCUT2D eigenvalue weighted by Gasteiger charge is -2.34. The summed E-state index contributed by atoms with van der Waals surface area (Å²) in [6.45, 7) is 4.23. The van der Waals surface area contributed by atoms with Crippen LogP contribution in [0.5, 0.6) is 5.75 Å². The first kappa shape index (κ1) is 39.4. The van der Waals surface area contributed by atoms with Crippen molar-refractivity contribution in [2.24, 2.45) is 0 Å². The summed E-state index contributed by atoms with van der Waals surface area (Å²) in [6.07, 6.45) is 0.710. The van der Waals surface area contributed by atoms with Crippen molar-refractivity contribution in [1.82, 2.24) is 10.2 Å². The van der Waals surface area contributed by atoms with E-state index in [1.54, 1.807) is 18.2 Å². The second-order valence-electron chi connectivity index (χ2n) is 11.8. The van der Waals surface area contributed by atoms with E-state index in [1.165, 1.54) is 49.3 Å². The van der Waals surface area contributed by atoms with E-state index in [-0.39, 0.29) is 51.1 Å². The predicted octanol–water partition coefficient (Wildman–Crippen LogP) is 7.62. The summed E-state index contributed by atoms with van der Waals surface area (Å²) in [5.41, 5.74) is 0.995. The van der Waals surface area contributed by atoms with Gasteiger partial charge >= 0.3 is 0 Å². The van der Waals surface area contributed by atoms with Crippen LogP contribution in [0.15, 0.2) is 89.8 Å². The van der Waals surface area contributed by atoms with Gasteiger partial charge in [-0.2, -0.15) is 0 Å². The van der Waals surface area contributed by atoms with Crippen molar-refractivity contribution in [1.29, 1.82) is 0 Å². The van der Waals surface area contributed by atoms with Gasteiger partial charge in [0.2, 0.25) is 11.8 Å². The molecule has 0 saturated carbocycles. The standard InChI is InChI=1S/C36H37Cl3N4O7S/c1-5-24(3)40-36(45)33(18-25-9-7-6-8-10-25)41(21-26-12-15-29(38)30(39)17-26)35(44)22-42(32-19-27(37)13-16-34(32)50-4)51(48,49)28-14-11-23(2)31(20-28)43(46)47/h6-17,19-20,24,33H,5,18,21-22H2,1-4H3,(H,40,45)/t24-,33-/m1/s1. The van der Waals surface area contributed by atoms with Crippen LogP contribution in [0.1, 0.15) is 37.0 Å². The number of hydrogen-bond acceptors (Lipinski definition) is 7. The Morgan fingerprint density at radius 3 is 2.27 bits per heavy atom. The number of ether oxygens (including phenoxy) is 1. The monoisotopic (exact) mass is 774 g/mol. The number of aryl methyl sites for hydroxylation is 1. The van der Waals surface area contributed by atoms with Gasteiger partial charge < -0.3 is 15.0 Å². The first-order valence-electron chi connectivity index (χ1n) is 15.8. The number of halogens is 3. The Morgan fingerprint density at radius 2 is 1.65 bits per heavy atom. The fourth-order valence-electron chi connectivity index (χ4n) is 5.27. The molecule has 0 aliphatic carbocycles. The fourth-order valence-corrected chi connectivity index (χ4v) is 7.20. The van der Waals surface area contributed by atoms with Crippen LogP contribution in [0.25, 0.3) is 0 Å². The minimum Gasteiger partial charge on any atom is -0.495 e. The number of amides is 2. The average molecular weight is 776 g/mol. The number of nitro groups is 1. The molecule has 4 rings (SSSR count). The van der Waals surface area contributed by atoms with Crippen molar-refractivity contribution >= 4 is 68.0 Å². The second-order valence-corrected chi connectivity index (χ2v) is 14.9. The first-order valence-corrected chi connectivity index (χ1v) is 18.4. The quantitative estimate of drug-likeness (QED) is 0.0969. The lowest BCUT2D eigenvalue weighted by atomic mass is 10.0. The lowest BCUT2D eigenvalue weighted by molar-refractivity contribution is -0.385. The average Bonchev–Trinajstić information content (AvgIpc) is 3.10. The molecule has 0 bridgehead atoms. The molecule has 4 aromatic carbocycles. The Balaban J connectivity index is 1.91. The van der Waals surface area contributed by atoms with Crippen molar-refractivity contribution in [3.05, 3.63) is 127 Å². The summed E-state index contributed by atoms with van der Waals surface area (Å²) >= 11 is 18.9. The third kappa shape index (κ3) is 9.70. The van der Waals surface area contributed by atoms with Gasteiger partial charge in [0.15, 0.2) is 0 Å². The van der Waals surface area contributed by atoms with Crippen LogP contribution < -0.4 is 14.4 Å². The Labute approximate surface area is 312 Å². The molecule has 0 heterocycles. The molecule has 270 valence electrons. The second kappa shape index (κ2) is 17.2. The molecular formula is C36H37Cl3N4O7S. The number of carbonyl (C=O) groups is 2. The van der Waals surface area contributed by atoms with Gasteiger partial charge in [-0.05, 0) is 67.8 Å². The van der Waals surface area contributed by atoms with Crippen LogP contribution in [0.4, 0.5) is 11.4 Å². The zero-order valence-corrected chi connectivity index (χ0v) is 31.4. The van der Waals surface area contributed by atoms with Crippen molar-refractivity contribution < 1.29 is 27.7 Å². The van der Waals surface area contributed by atoms with Gasteiger partial charge in [0.1, 0.15) is 18.3 Å². The summed E-state index contributed by atoms with van der Waals surface area (Å²) in [4.78, 5) is 40.8. The smallest absolute Gasteiger partial charge is 0.273 e. The van der Waals surface area contributed by atoms with Gasteiger partial charge in [-0.25, -0.2) is 8.42 Å². The van der Waals surface area contributed by atoms with E-state index in [9.17, 15) is 28.1 Å². The summed E-state index contributed by atoms with van der Waals surface area (Å²) in [5.74, 6) is -1.16.